The molecule has 0 radical (unpaired) electrons. The van der Waals surface area contributed by atoms with Gasteiger partial charge >= 0.3 is 0 Å². The number of fused-ring (bicyclic) bond motifs is 1. The number of carbonyl (C=O) groups is 1. The highest BCUT2D eigenvalue weighted by Crippen LogP contribution is 2.24. The maximum Gasteiger partial charge on any atom is 0.228 e. The first-order chi connectivity index (χ1) is 13.1. The molecule has 1 fully saturated rings. The Bertz CT molecular complexity index is 965. The number of nitrogens with two attached hydrogens (primary N) is 1. The molecule has 4 rings (SSSR count). The normalized spacial score (nSPS) is 15.7. The highest BCUT2D eigenvalue weighted by Gasteiger charge is 2.23. The fraction of sp³-hybridized carbons (Fsp3) is 0.316. The third-order valence-electron chi connectivity index (χ3n) is 4.93. The summed E-state index contributed by atoms with van der Waals surface area (Å²) >= 11 is 0. The maximum absolute atomic E-state index is 12.5. The van der Waals surface area contributed by atoms with Crippen LogP contribution in [-0.4, -0.2) is 51.1 Å². The van der Waals surface area contributed by atoms with Gasteiger partial charge in [-0.1, -0.05) is 6.07 Å². The molecule has 1 aliphatic rings. The molecule has 8 heteroatoms. The minimum Gasteiger partial charge on any atom is -0.368 e. The van der Waals surface area contributed by atoms with Gasteiger partial charge in [-0.05, 0) is 56.7 Å². The summed E-state index contributed by atoms with van der Waals surface area (Å²) in [7, 11) is 2.08. The number of piperidine rings is 1. The molecule has 1 aliphatic heterocycles. The molecule has 0 atom stereocenters. The summed E-state index contributed by atoms with van der Waals surface area (Å²) in [4.78, 5) is 22.8. The predicted octanol–water partition coefficient (Wildman–Crippen LogP) is 1.95. The van der Waals surface area contributed by atoms with E-state index in [2.05, 4.69) is 37.4 Å². The predicted molar refractivity (Wildman–Crippen MR) is 104 cm³/mol. The number of nitrogen functional groups attached to an aromatic ring is 1. The molecule has 3 aromatic rings. The summed E-state index contributed by atoms with van der Waals surface area (Å²) in [6.45, 7) is 1.88. The summed E-state index contributed by atoms with van der Waals surface area (Å²) in [5.41, 5.74) is 8.11. The molecule has 1 saturated heterocycles. The van der Waals surface area contributed by atoms with Gasteiger partial charge < -0.3 is 16.0 Å². The average Bonchev–Trinajstić information content (AvgIpc) is 2.68. The highest BCUT2D eigenvalue weighted by molar-refractivity contribution is 5.94. The van der Waals surface area contributed by atoms with E-state index in [-0.39, 0.29) is 17.8 Å². The summed E-state index contributed by atoms with van der Waals surface area (Å²) < 4.78 is 0. The number of amides is 1. The van der Waals surface area contributed by atoms with Crippen LogP contribution >= 0.6 is 0 Å². The van der Waals surface area contributed by atoms with Gasteiger partial charge in [-0.2, -0.15) is 0 Å². The van der Waals surface area contributed by atoms with Crippen molar-refractivity contribution in [1.82, 2.24) is 25.1 Å². The fourth-order valence-electron chi connectivity index (χ4n) is 3.27. The lowest BCUT2D eigenvalue weighted by Gasteiger charge is -2.27. The lowest BCUT2D eigenvalue weighted by atomic mass is 9.96. The monoisotopic (exact) mass is 363 g/mol. The summed E-state index contributed by atoms with van der Waals surface area (Å²) in [5, 5.41) is 12.2. The molecule has 3 N–H and O–H groups in total. The van der Waals surface area contributed by atoms with Crippen molar-refractivity contribution in [2.45, 2.75) is 12.8 Å². The molecule has 0 saturated carbocycles. The van der Waals surface area contributed by atoms with Gasteiger partial charge in [-0.15, -0.1) is 10.2 Å². The number of nitrogens with one attached hydrogen (secondary N) is 1. The Morgan fingerprint density at radius 2 is 1.85 bits per heavy atom. The lowest BCUT2D eigenvalue weighted by Crippen LogP contribution is -2.36. The topological polar surface area (TPSA) is 110 Å². The Morgan fingerprint density at radius 3 is 2.59 bits per heavy atom. The van der Waals surface area contributed by atoms with E-state index in [4.69, 9.17) is 5.73 Å². The second-order valence-electron chi connectivity index (χ2n) is 6.90. The highest BCUT2D eigenvalue weighted by atomic mass is 16.2. The molecule has 0 bridgehead atoms. The number of likely N-dealkylation sites (tertiary alicyclic amines) is 1. The van der Waals surface area contributed by atoms with Crippen molar-refractivity contribution >= 4 is 28.6 Å². The first kappa shape index (κ1) is 17.3. The smallest absolute Gasteiger partial charge is 0.228 e. The number of nitrogens with zero attached hydrogens (tertiary/aromatic N) is 5. The number of hydrogen-bond donors (Lipinski definition) is 2. The van der Waals surface area contributed by atoms with Gasteiger partial charge in [0, 0.05) is 29.3 Å². The van der Waals surface area contributed by atoms with Crippen LogP contribution in [0.25, 0.3) is 22.0 Å². The first-order valence-electron chi connectivity index (χ1n) is 8.93. The Labute approximate surface area is 156 Å². The molecule has 1 aromatic carbocycles. The van der Waals surface area contributed by atoms with Crippen LogP contribution in [-0.2, 0) is 4.79 Å². The van der Waals surface area contributed by atoms with Crippen molar-refractivity contribution in [3.8, 4) is 11.1 Å². The van der Waals surface area contributed by atoms with Crippen molar-refractivity contribution < 1.29 is 4.79 Å². The molecular formula is C19H21N7O. The molecule has 0 unspecified atom stereocenters. The van der Waals surface area contributed by atoms with Crippen LogP contribution in [0.15, 0.2) is 36.7 Å². The number of aromatic nitrogens is 4. The van der Waals surface area contributed by atoms with Crippen LogP contribution in [0, 0.1) is 5.92 Å². The third kappa shape index (κ3) is 3.85. The van der Waals surface area contributed by atoms with Gasteiger partial charge in [-0.25, -0.2) is 9.97 Å². The number of rotatable bonds is 3. The van der Waals surface area contributed by atoms with Crippen LogP contribution in [0.2, 0.25) is 0 Å². The van der Waals surface area contributed by atoms with Gasteiger partial charge in [0.2, 0.25) is 11.9 Å². The van der Waals surface area contributed by atoms with E-state index in [1.54, 1.807) is 12.4 Å². The van der Waals surface area contributed by atoms with Gasteiger partial charge in [0.15, 0.2) is 5.82 Å². The first-order valence-corrected chi connectivity index (χ1v) is 8.93. The number of carbonyl (C=O) groups excluding carboxylic acids is 1. The van der Waals surface area contributed by atoms with Gasteiger partial charge in [0.25, 0.3) is 0 Å². The zero-order valence-corrected chi connectivity index (χ0v) is 15.1. The quantitative estimate of drug-likeness (QED) is 0.732. The fourth-order valence-corrected chi connectivity index (χ4v) is 3.27. The van der Waals surface area contributed by atoms with E-state index >= 15 is 0 Å². The minimum absolute atomic E-state index is 0.0137. The molecular weight excluding hydrogens is 342 g/mol. The zero-order chi connectivity index (χ0) is 18.8. The van der Waals surface area contributed by atoms with Crippen LogP contribution in [0.5, 0.6) is 0 Å². The zero-order valence-electron chi connectivity index (χ0n) is 15.1. The largest absolute Gasteiger partial charge is 0.368 e. The van der Waals surface area contributed by atoms with Crippen molar-refractivity contribution in [3.63, 3.8) is 0 Å². The third-order valence-corrected chi connectivity index (χ3v) is 4.93. The van der Waals surface area contributed by atoms with Crippen LogP contribution < -0.4 is 11.1 Å². The summed E-state index contributed by atoms with van der Waals surface area (Å²) in [6.07, 6.45) is 5.09. The van der Waals surface area contributed by atoms with Crippen LogP contribution in [0.4, 0.5) is 11.8 Å². The maximum atomic E-state index is 12.5. The van der Waals surface area contributed by atoms with E-state index in [0.29, 0.717) is 5.82 Å². The Morgan fingerprint density at radius 1 is 1.11 bits per heavy atom. The van der Waals surface area contributed by atoms with Gasteiger partial charge in [0.1, 0.15) is 0 Å². The number of hydrogen-bond acceptors (Lipinski definition) is 7. The lowest BCUT2D eigenvalue weighted by molar-refractivity contribution is -0.121. The van der Waals surface area contributed by atoms with Gasteiger partial charge in [0.05, 0.1) is 5.52 Å². The molecule has 1 amide bonds. The molecule has 3 heterocycles. The summed E-state index contributed by atoms with van der Waals surface area (Å²) in [5.74, 6) is 0.748. The van der Waals surface area contributed by atoms with Gasteiger partial charge in [-0.3, -0.25) is 4.79 Å². The van der Waals surface area contributed by atoms with E-state index in [1.807, 2.05) is 24.3 Å². The molecule has 27 heavy (non-hydrogen) atoms. The van der Waals surface area contributed by atoms with E-state index in [0.717, 1.165) is 48.0 Å². The molecule has 2 aromatic heterocycles. The van der Waals surface area contributed by atoms with Crippen LogP contribution in [0.1, 0.15) is 12.8 Å². The molecule has 8 nitrogen and oxygen atoms in total. The number of anilines is 2. The second-order valence-corrected chi connectivity index (χ2v) is 6.90. The van der Waals surface area contributed by atoms with Crippen molar-refractivity contribution in [2.24, 2.45) is 5.92 Å². The Kier molecular flexibility index (Phi) is 4.64. The molecule has 138 valence electrons. The van der Waals surface area contributed by atoms with E-state index in [9.17, 15) is 4.79 Å². The van der Waals surface area contributed by atoms with Crippen molar-refractivity contribution in [3.05, 3.63) is 36.7 Å². The van der Waals surface area contributed by atoms with E-state index < -0.39 is 0 Å². The van der Waals surface area contributed by atoms with Crippen molar-refractivity contribution in [2.75, 3.05) is 31.2 Å². The SMILES string of the molecule is CN1CCC(C(=O)Nc2cc3cc(-c4cnc(N)nc4)ccc3nn2)CC1. The average molecular weight is 363 g/mol. The van der Waals surface area contributed by atoms with E-state index in [1.165, 1.54) is 0 Å². The minimum atomic E-state index is 0.0137. The molecule has 0 spiro atoms. The van der Waals surface area contributed by atoms with Crippen LogP contribution in [0.3, 0.4) is 0 Å². The Balaban J connectivity index is 1.55. The Hall–Kier alpha value is -3.13. The standard InChI is InChI=1S/C19H21N7O/c1-26-6-4-12(5-7-26)18(27)23-17-9-14-8-13(2-3-16(14)24-25-17)15-10-21-19(20)22-11-15/h2-3,8-12H,4-7H2,1H3,(H2,20,21,22)(H,23,25,27). The van der Waals surface area contributed by atoms with Crippen molar-refractivity contribution in [1.29, 1.82) is 0 Å². The molecule has 0 aliphatic carbocycles. The summed E-state index contributed by atoms with van der Waals surface area (Å²) in [6, 6.07) is 7.64. The second kappa shape index (κ2) is 7.24. The number of benzene rings is 1.